The van der Waals surface area contributed by atoms with Crippen molar-refractivity contribution in [1.29, 1.82) is 0 Å². The fraction of sp³-hybridized carbons (Fsp3) is 0.278. The number of hydrogen-bond acceptors (Lipinski definition) is 3. The minimum Gasteiger partial charge on any atom is -0.309 e. The molecular weight excluding hydrogens is 343 g/mol. The number of amides is 1. The Morgan fingerprint density at radius 3 is 2.24 bits per heavy atom. The van der Waals surface area contributed by atoms with Gasteiger partial charge in [0.2, 0.25) is 10.0 Å². The van der Waals surface area contributed by atoms with Crippen molar-refractivity contribution in [1.82, 2.24) is 4.72 Å². The third-order valence-corrected chi connectivity index (χ3v) is 5.55. The van der Waals surface area contributed by atoms with Gasteiger partial charge in [0.25, 0.3) is 5.91 Å². The summed E-state index contributed by atoms with van der Waals surface area (Å²) in [6.07, 6.45) is 1.72. The van der Waals surface area contributed by atoms with Crippen LogP contribution in [0.1, 0.15) is 30.1 Å². The molecule has 132 valence electrons. The first kappa shape index (κ1) is 17.6. The van der Waals surface area contributed by atoms with Crippen LogP contribution < -0.4 is 9.62 Å². The maximum atomic E-state index is 13.1. The maximum absolute atomic E-state index is 13.1. The second-order valence-electron chi connectivity index (χ2n) is 5.95. The lowest BCUT2D eigenvalue weighted by atomic mass is 10.2. The average Bonchev–Trinajstić information content (AvgIpc) is 3.40. The molecule has 25 heavy (non-hydrogen) atoms. The van der Waals surface area contributed by atoms with Crippen molar-refractivity contribution < 1.29 is 17.6 Å². The van der Waals surface area contributed by atoms with Gasteiger partial charge >= 0.3 is 0 Å². The van der Waals surface area contributed by atoms with Gasteiger partial charge in [0, 0.05) is 23.8 Å². The van der Waals surface area contributed by atoms with E-state index < -0.39 is 10.0 Å². The minimum absolute atomic E-state index is 0.0281. The predicted molar refractivity (Wildman–Crippen MR) is 93.5 cm³/mol. The number of benzene rings is 2. The smallest absolute Gasteiger partial charge is 0.258 e. The van der Waals surface area contributed by atoms with Crippen LogP contribution in [0.4, 0.5) is 10.1 Å². The molecule has 0 radical (unpaired) electrons. The lowest BCUT2D eigenvalue weighted by Crippen LogP contribution is -2.30. The van der Waals surface area contributed by atoms with Gasteiger partial charge in [0.15, 0.2) is 0 Å². The Kier molecular flexibility index (Phi) is 4.87. The highest BCUT2D eigenvalue weighted by Crippen LogP contribution is 2.23. The first-order chi connectivity index (χ1) is 11.9. The summed E-state index contributed by atoms with van der Waals surface area (Å²) in [6.45, 7) is 2.23. The minimum atomic E-state index is -3.54. The van der Waals surface area contributed by atoms with Crippen LogP contribution in [-0.4, -0.2) is 26.9 Å². The molecule has 5 nitrogen and oxygen atoms in total. The van der Waals surface area contributed by atoms with Gasteiger partial charge in [-0.2, -0.15) is 0 Å². The molecule has 0 bridgehead atoms. The van der Waals surface area contributed by atoms with E-state index in [-0.39, 0.29) is 22.7 Å². The van der Waals surface area contributed by atoms with E-state index in [1.807, 2.05) is 6.92 Å². The second kappa shape index (κ2) is 6.93. The van der Waals surface area contributed by atoms with Crippen molar-refractivity contribution in [3.05, 3.63) is 59.9 Å². The van der Waals surface area contributed by atoms with Crippen LogP contribution >= 0.6 is 0 Å². The van der Waals surface area contributed by atoms with Crippen molar-refractivity contribution in [2.45, 2.75) is 30.7 Å². The lowest BCUT2D eigenvalue weighted by Gasteiger charge is -2.21. The van der Waals surface area contributed by atoms with Crippen molar-refractivity contribution >= 4 is 21.6 Å². The number of halogens is 1. The van der Waals surface area contributed by atoms with Gasteiger partial charge in [0.05, 0.1) is 4.90 Å². The van der Waals surface area contributed by atoms with Gasteiger partial charge in [0.1, 0.15) is 5.82 Å². The molecule has 1 saturated carbocycles. The molecule has 0 saturated heterocycles. The van der Waals surface area contributed by atoms with Crippen molar-refractivity contribution in [3.8, 4) is 0 Å². The van der Waals surface area contributed by atoms with Gasteiger partial charge in [-0.05, 0) is 68.3 Å². The Bertz CT molecular complexity index is 860. The SMILES string of the molecule is CCN(C(=O)c1ccc(S(=O)(=O)NC2CC2)cc1)c1ccc(F)cc1. The fourth-order valence-corrected chi connectivity index (χ4v) is 3.79. The number of nitrogens with one attached hydrogen (secondary N) is 1. The zero-order valence-electron chi connectivity index (χ0n) is 13.8. The Hall–Kier alpha value is -2.25. The van der Waals surface area contributed by atoms with E-state index in [1.165, 1.54) is 53.4 Å². The van der Waals surface area contributed by atoms with E-state index in [0.29, 0.717) is 17.8 Å². The second-order valence-corrected chi connectivity index (χ2v) is 7.66. The van der Waals surface area contributed by atoms with E-state index in [1.54, 1.807) is 0 Å². The Morgan fingerprint density at radius 1 is 1.12 bits per heavy atom. The molecule has 0 unspecified atom stereocenters. The number of rotatable bonds is 6. The molecule has 0 spiro atoms. The van der Waals surface area contributed by atoms with Crippen LogP contribution in [0.3, 0.4) is 0 Å². The molecule has 0 aromatic heterocycles. The van der Waals surface area contributed by atoms with Gasteiger partial charge in [-0.3, -0.25) is 4.79 Å². The summed E-state index contributed by atoms with van der Waals surface area (Å²) in [7, 11) is -3.54. The number of sulfonamides is 1. The lowest BCUT2D eigenvalue weighted by molar-refractivity contribution is 0.0988. The third kappa shape index (κ3) is 4.05. The number of hydrogen-bond donors (Lipinski definition) is 1. The van der Waals surface area contributed by atoms with Crippen LogP contribution in [0.2, 0.25) is 0 Å². The number of nitrogens with zero attached hydrogens (tertiary/aromatic N) is 1. The molecule has 1 aliphatic carbocycles. The average molecular weight is 362 g/mol. The molecule has 3 rings (SSSR count). The molecule has 1 amide bonds. The van der Waals surface area contributed by atoms with Gasteiger partial charge in [-0.25, -0.2) is 17.5 Å². The summed E-state index contributed by atoms with van der Waals surface area (Å²) >= 11 is 0. The fourth-order valence-electron chi connectivity index (χ4n) is 2.49. The highest BCUT2D eigenvalue weighted by molar-refractivity contribution is 7.89. The van der Waals surface area contributed by atoms with Crippen LogP contribution in [-0.2, 0) is 10.0 Å². The largest absolute Gasteiger partial charge is 0.309 e. The molecule has 0 aliphatic heterocycles. The van der Waals surface area contributed by atoms with Crippen LogP contribution in [0, 0.1) is 5.82 Å². The summed E-state index contributed by atoms with van der Waals surface area (Å²) in [5, 5.41) is 0. The standard InChI is InChI=1S/C18H19FN2O3S/c1-2-21(16-9-5-14(19)6-10-16)18(22)13-3-11-17(12-4-13)25(23,24)20-15-7-8-15/h3-6,9-12,15,20H,2,7-8H2,1H3. The van der Waals surface area contributed by atoms with E-state index >= 15 is 0 Å². The molecule has 1 fully saturated rings. The molecule has 1 aliphatic rings. The quantitative estimate of drug-likeness (QED) is 0.859. The third-order valence-electron chi connectivity index (χ3n) is 4.01. The van der Waals surface area contributed by atoms with Gasteiger partial charge < -0.3 is 4.90 Å². The molecular formula is C18H19FN2O3S. The molecule has 0 heterocycles. The first-order valence-corrected chi connectivity index (χ1v) is 9.59. The van der Waals surface area contributed by atoms with Crippen LogP contribution in [0.15, 0.2) is 53.4 Å². The Morgan fingerprint density at radius 2 is 1.72 bits per heavy atom. The zero-order valence-corrected chi connectivity index (χ0v) is 14.6. The van der Waals surface area contributed by atoms with E-state index in [0.717, 1.165) is 12.8 Å². The number of carbonyl (C=O) groups is 1. The predicted octanol–water partition coefficient (Wildman–Crippen LogP) is 2.93. The highest BCUT2D eigenvalue weighted by atomic mass is 32.2. The van der Waals surface area contributed by atoms with Crippen molar-refractivity contribution in [3.63, 3.8) is 0 Å². The summed E-state index contributed by atoms with van der Waals surface area (Å²) in [4.78, 5) is 14.3. The van der Waals surface area contributed by atoms with E-state index in [9.17, 15) is 17.6 Å². The van der Waals surface area contributed by atoms with E-state index in [2.05, 4.69) is 4.72 Å². The molecule has 0 atom stereocenters. The zero-order chi connectivity index (χ0) is 18.0. The first-order valence-electron chi connectivity index (χ1n) is 8.10. The Labute approximate surface area is 146 Å². The van der Waals surface area contributed by atoms with E-state index in [4.69, 9.17) is 0 Å². The topological polar surface area (TPSA) is 66.5 Å². The van der Waals surface area contributed by atoms with Gasteiger partial charge in [-0.15, -0.1) is 0 Å². The van der Waals surface area contributed by atoms with Crippen LogP contribution in [0.25, 0.3) is 0 Å². The summed E-state index contributed by atoms with van der Waals surface area (Å²) in [6, 6.07) is 11.5. The molecule has 1 N–H and O–H groups in total. The highest BCUT2D eigenvalue weighted by Gasteiger charge is 2.28. The molecule has 2 aromatic rings. The summed E-state index contributed by atoms with van der Waals surface area (Å²) in [5.41, 5.74) is 0.956. The normalized spacial score (nSPS) is 14.3. The Balaban J connectivity index is 1.80. The maximum Gasteiger partial charge on any atom is 0.258 e. The molecule has 2 aromatic carbocycles. The van der Waals surface area contributed by atoms with Crippen molar-refractivity contribution in [2.75, 3.05) is 11.4 Å². The number of carbonyl (C=O) groups excluding carboxylic acids is 1. The summed E-state index contributed by atoms with van der Waals surface area (Å²) in [5.74, 6) is -0.641. The molecule has 7 heteroatoms. The number of anilines is 1. The monoisotopic (exact) mass is 362 g/mol. The van der Waals surface area contributed by atoms with Crippen LogP contribution in [0.5, 0.6) is 0 Å². The van der Waals surface area contributed by atoms with Gasteiger partial charge in [-0.1, -0.05) is 0 Å². The summed E-state index contributed by atoms with van der Waals surface area (Å²) < 4.78 is 40.0. The van der Waals surface area contributed by atoms with Crippen molar-refractivity contribution in [2.24, 2.45) is 0 Å².